The molecule has 0 saturated carbocycles. The number of carboxylic acid groups (broad SMARTS) is 1. The Morgan fingerprint density at radius 2 is 2.22 bits per heavy atom. The number of ether oxygens (including phenoxy) is 1. The van der Waals surface area contributed by atoms with Crippen LogP contribution in [0, 0.1) is 5.82 Å². The smallest absolute Gasteiger partial charge is 0.411 e. The molecule has 0 aromatic heterocycles. The third-order valence-electron chi connectivity index (χ3n) is 1.86. The lowest BCUT2D eigenvalue weighted by atomic mass is 10.1. The Morgan fingerprint density at radius 3 is 2.78 bits per heavy atom. The molecule has 0 spiro atoms. The van der Waals surface area contributed by atoms with Gasteiger partial charge in [0.25, 0.3) is 0 Å². The fourth-order valence-electron chi connectivity index (χ4n) is 1.11. The number of amides is 1. The predicted molar refractivity (Wildman–Crippen MR) is 63.5 cm³/mol. The minimum absolute atomic E-state index is 0.0513. The summed E-state index contributed by atoms with van der Waals surface area (Å²) >= 11 is 5.45. The maximum atomic E-state index is 13.2. The summed E-state index contributed by atoms with van der Waals surface area (Å²) in [5.74, 6) is -2.20. The molecule has 0 fully saturated rings. The van der Waals surface area contributed by atoms with Gasteiger partial charge < -0.3 is 9.84 Å². The number of carbonyl (C=O) groups is 2. The van der Waals surface area contributed by atoms with Gasteiger partial charge in [-0.05, 0) is 12.1 Å². The van der Waals surface area contributed by atoms with Crippen LogP contribution in [0.15, 0.2) is 24.8 Å². The first-order valence-corrected chi connectivity index (χ1v) is 5.10. The second-order valence-electron chi connectivity index (χ2n) is 3.13. The molecule has 0 radical (unpaired) electrons. The van der Waals surface area contributed by atoms with E-state index >= 15 is 0 Å². The second-order valence-corrected chi connectivity index (χ2v) is 3.54. The maximum Gasteiger partial charge on any atom is 0.411 e. The predicted octanol–water partition coefficient (Wildman–Crippen LogP) is 2.91. The number of hydrogen-bond donors (Lipinski definition) is 2. The van der Waals surface area contributed by atoms with Gasteiger partial charge in [-0.15, -0.1) is 0 Å². The highest BCUT2D eigenvalue weighted by Crippen LogP contribution is 2.24. The third kappa shape index (κ3) is 3.46. The van der Waals surface area contributed by atoms with Gasteiger partial charge in [0, 0.05) is 0 Å². The monoisotopic (exact) mass is 273 g/mol. The van der Waals surface area contributed by atoms with Gasteiger partial charge in [-0.3, -0.25) is 5.32 Å². The fraction of sp³-hybridized carbons (Fsp3) is 0.0909. The Balaban J connectivity index is 3.00. The molecule has 2 N–H and O–H groups in total. The van der Waals surface area contributed by atoms with Gasteiger partial charge in [-0.1, -0.05) is 24.3 Å². The number of halogens is 2. The van der Waals surface area contributed by atoms with Crippen LogP contribution >= 0.6 is 11.6 Å². The number of aromatic carboxylic acids is 1. The lowest BCUT2D eigenvalue weighted by Crippen LogP contribution is -2.16. The van der Waals surface area contributed by atoms with Crippen LogP contribution in [0.1, 0.15) is 10.4 Å². The molecular formula is C11H9ClFNO4. The molecule has 0 bridgehead atoms. The van der Waals surface area contributed by atoms with Crippen LogP contribution in [-0.4, -0.2) is 23.8 Å². The molecule has 7 heteroatoms. The van der Waals surface area contributed by atoms with Gasteiger partial charge in [0.15, 0.2) is 0 Å². The minimum atomic E-state index is -1.35. The number of rotatable bonds is 4. The highest BCUT2D eigenvalue weighted by Gasteiger charge is 2.16. The molecule has 18 heavy (non-hydrogen) atoms. The molecule has 1 aromatic rings. The fourth-order valence-corrected chi connectivity index (χ4v) is 1.27. The van der Waals surface area contributed by atoms with Crippen LogP contribution in [0.3, 0.4) is 0 Å². The van der Waals surface area contributed by atoms with E-state index in [-0.39, 0.29) is 22.9 Å². The van der Waals surface area contributed by atoms with Crippen molar-refractivity contribution in [2.45, 2.75) is 0 Å². The lowest BCUT2D eigenvalue weighted by Gasteiger charge is -2.09. The zero-order valence-electron chi connectivity index (χ0n) is 9.07. The van der Waals surface area contributed by atoms with Crippen molar-refractivity contribution < 1.29 is 23.8 Å². The summed E-state index contributed by atoms with van der Waals surface area (Å²) in [7, 11) is 0. The Hall–Kier alpha value is -2.08. The van der Waals surface area contributed by atoms with Crippen molar-refractivity contribution in [3.63, 3.8) is 0 Å². The number of carboxylic acids is 1. The zero-order chi connectivity index (χ0) is 13.7. The van der Waals surface area contributed by atoms with Crippen molar-refractivity contribution in [2.75, 3.05) is 11.9 Å². The highest BCUT2D eigenvalue weighted by atomic mass is 35.5. The number of hydrogen-bond acceptors (Lipinski definition) is 3. The van der Waals surface area contributed by atoms with Crippen molar-refractivity contribution in [3.05, 3.63) is 41.2 Å². The van der Waals surface area contributed by atoms with E-state index in [0.29, 0.717) is 0 Å². The average Bonchev–Trinajstić information content (AvgIpc) is 2.30. The van der Waals surface area contributed by atoms with Gasteiger partial charge in [-0.25, -0.2) is 14.0 Å². The quantitative estimate of drug-likeness (QED) is 0.827. The molecular weight excluding hydrogens is 265 g/mol. The molecule has 5 nitrogen and oxygen atoms in total. The van der Waals surface area contributed by atoms with Gasteiger partial charge >= 0.3 is 12.1 Å². The maximum absolute atomic E-state index is 13.2. The van der Waals surface area contributed by atoms with E-state index in [0.717, 1.165) is 12.1 Å². The van der Waals surface area contributed by atoms with Gasteiger partial charge in [0.2, 0.25) is 0 Å². The molecule has 0 atom stereocenters. The van der Waals surface area contributed by atoms with Crippen molar-refractivity contribution in [1.29, 1.82) is 0 Å². The minimum Gasteiger partial charge on any atom is -0.478 e. The topological polar surface area (TPSA) is 75.6 Å². The number of anilines is 1. The Labute approximate surface area is 107 Å². The third-order valence-corrected chi connectivity index (χ3v) is 2.15. The Bertz CT molecular complexity index is 504. The molecule has 0 aliphatic heterocycles. The van der Waals surface area contributed by atoms with E-state index in [9.17, 15) is 14.0 Å². The summed E-state index contributed by atoms with van der Waals surface area (Å²) in [5, 5.41) is 10.6. The summed E-state index contributed by atoms with van der Waals surface area (Å²) in [6.07, 6.45) is 0.416. The Morgan fingerprint density at radius 1 is 1.56 bits per heavy atom. The average molecular weight is 274 g/mol. The van der Waals surface area contributed by atoms with Crippen LogP contribution in [0.5, 0.6) is 0 Å². The van der Waals surface area contributed by atoms with Crippen molar-refractivity contribution >= 4 is 29.4 Å². The van der Waals surface area contributed by atoms with Crippen molar-refractivity contribution in [3.8, 4) is 0 Å². The summed E-state index contributed by atoms with van der Waals surface area (Å²) in [4.78, 5) is 22.1. The van der Waals surface area contributed by atoms with Crippen LogP contribution in [-0.2, 0) is 4.74 Å². The Kier molecular flexibility index (Phi) is 4.67. The number of carbonyl (C=O) groups excluding carboxylic acids is 1. The molecule has 96 valence electrons. The van der Waals surface area contributed by atoms with Crippen molar-refractivity contribution in [2.24, 2.45) is 0 Å². The first kappa shape index (κ1) is 14.0. The standard InChI is InChI=1S/C11H9ClFNO4/c1-2-3-18-11(17)14-9-5-8(13)7(12)4-6(9)10(15)16/h2,4-5H,1,3H2,(H,14,17)(H,15,16). The molecule has 0 aliphatic rings. The second kappa shape index (κ2) is 6.02. The summed E-state index contributed by atoms with van der Waals surface area (Å²) in [6, 6.07) is 1.71. The van der Waals surface area contributed by atoms with E-state index in [2.05, 4.69) is 16.6 Å². The SMILES string of the molecule is C=CCOC(=O)Nc1cc(F)c(Cl)cc1C(=O)O. The molecule has 0 heterocycles. The van der Waals surface area contributed by atoms with Crippen molar-refractivity contribution in [1.82, 2.24) is 0 Å². The summed E-state index contributed by atoms with van der Waals surface area (Å²) < 4.78 is 17.8. The molecule has 1 amide bonds. The van der Waals surface area contributed by atoms with Crippen LogP contribution < -0.4 is 5.32 Å². The highest BCUT2D eigenvalue weighted by molar-refractivity contribution is 6.31. The van der Waals surface area contributed by atoms with Crippen LogP contribution in [0.4, 0.5) is 14.9 Å². The zero-order valence-corrected chi connectivity index (χ0v) is 9.83. The molecule has 1 rings (SSSR count). The summed E-state index contributed by atoms with van der Waals surface area (Å²) in [6.45, 7) is 3.28. The van der Waals surface area contributed by atoms with Crippen LogP contribution in [0.2, 0.25) is 5.02 Å². The molecule has 0 saturated heterocycles. The van der Waals surface area contributed by atoms with E-state index in [1.807, 2.05) is 0 Å². The first-order chi connectivity index (χ1) is 8.45. The number of nitrogens with one attached hydrogen (secondary N) is 1. The van der Waals surface area contributed by atoms with Gasteiger partial charge in [0.1, 0.15) is 12.4 Å². The largest absolute Gasteiger partial charge is 0.478 e. The number of benzene rings is 1. The molecule has 1 aromatic carbocycles. The molecule has 0 aliphatic carbocycles. The normalized spacial score (nSPS) is 9.67. The molecule has 0 unspecified atom stereocenters. The first-order valence-electron chi connectivity index (χ1n) is 4.72. The van der Waals surface area contributed by atoms with E-state index in [1.165, 1.54) is 6.08 Å². The van der Waals surface area contributed by atoms with Gasteiger partial charge in [-0.2, -0.15) is 0 Å². The lowest BCUT2D eigenvalue weighted by molar-refractivity contribution is 0.0698. The van der Waals surface area contributed by atoms with Crippen LogP contribution in [0.25, 0.3) is 0 Å². The summed E-state index contributed by atoms with van der Waals surface area (Å²) in [5.41, 5.74) is -0.574. The van der Waals surface area contributed by atoms with E-state index < -0.39 is 17.9 Å². The van der Waals surface area contributed by atoms with E-state index in [1.54, 1.807) is 0 Å². The van der Waals surface area contributed by atoms with Gasteiger partial charge in [0.05, 0.1) is 16.3 Å². The van der Waals surface area contributed by atoms with E-state index in [4.69, 9.17) is 16.7 Å².